The van der Waals surface area contributed by atoms with Crippen molar-refractivity contribution in [3.05, 3.63) is 61.7 Å². The summed E-state index contributed by atoms with van der Waals surface area (Å²) in [5.74, 6) is 0.0649. The number of cyclic esters (lactones) is 1. The largest absolute Gasteiger partial charge is 0.458 e. The lowest BCUT2D eigenvalue weighted by atomic mass is 9.81. The monoisotopic (exact) mass is 729 g/mol. The minimum Gasteiger partial charge on any atom is -0.458 e. The van der Waals surface area contributed by atoms with Gasteiger partial charge in [0.1, 0.15) is 18.0 Å². The molecular weight excluding hydrogens is 677 g/mol. The number of ether oxygens (including phenoxy) is 2. The van der Waals surface area contributed by atoms with Crippen molar-refractivity contribution in [1.82, 2.24) is 24.7 Å². The van der Waals surface area contributed by atoms with Crippen LogP contribution >= 0.6 is 0 Å². The minimum atomic E-state index is -1.91. The second-order valence-corrected chi connectivity index (χ2v) is 17.0. The SMILES string of the molecule is CC[C@@]1(O)C(=O)OCc2c1cc1n(c2=O)Cc2c-1nc1cc(F)c(C)c3c1c2[C@@H](NCC1CCN(CC2CCN(C(=O)OC(C)(C)C)CC2)CC1)CC3. The van der Waals surface area contributed by atoms with E-state index in [0.29, 0.717) is 46.4 Å². The number of benzene rings is 1. The molecule has 0 bridgehead atoms. The number of fused-ring (bicyclic) bond motifs is 5. The summed E-state index contributed by atoms with van der Waals surface area (Å²) in [6.07, 6.45) is 5.62. The van der Waals surface area contributed by atoms with Crippen LogP contribution in [0.1, 0.15) is 106 Å². The van der Waals surface area contributed by atoms with Gasteiger partial charge in [-0.1, -0.05) is 6.92 Å². The number of aliphatic hydroxyl groups is 1. The Labute approximate surface area is 309 Å². The van der Waals surface area contributed by atoms with Gasteiger partial charge in [-0.3, -0.25) is 4.79 Å². The lowest BCUT2D eigenvalue weighted by molar-refractivity contribution is -0.172. The van der Waals surface area contributed by atoms with Gasteiger partial charge in [-0.25, -0.2) is 19.0 Å². The van der Waals surface area contributed by atoms with Crippen molar-refractivity contribution < 1.29 is 28.6 Å². The van der Waals surface area contributed by atoms with Crippen LogP contribution in [0.5, 0.6) is 0 Å². The van der Waals surface area contributed by atoms with Crippen molar-refractivity contribution in [3.8, 4) is 11.4 Å². The highest BCUT2D eigenvalue weighted by Gasteiger charge is 2.46. The van der Waals surface area contributed by atoms with Crippen molar-refractivity contribution >= 4 is 23.0 Å². The molecule has 2 atom stereocenters. The van der Waals surface area contributed by atoms with E-state index in [4.69, 9.17) is 14.5 Å². The highest BCUT2D eigenvalue weighted by molar-refractivity contribution is 5.93. The zero-order chi connectivity index (χ0) is 37.4. The van der Waals surface area contributed by atoms with E-state index in [1.54, 1.807) is 17.6 Å². The minimum absolute atomic E-state index is 0.0110. The average Bonchev–Trinajstić information content (AvgIpc) is 3.50. The highest BCUT2D eigenvalue weighted by Crippen LogP contribution is 2.46. The molecule has 8 rings (SSSR count). The van der Waals surface area contributed by atoms with Gasteiger partial charge >= 0.3 is 12.1 Å². The van der Waals surface area contributed by atoms with E-state index in [1.165, 1.54) is 6.07 Å². The molecule has 0 radical (unpaired) electrons. The first kappa shape index (κ1) is 36.1. The predicted molar refractivity (Wildman–Crippen MR) is 198 cm³/mol. The van der Waals surface area contributed by atoms with Gasteiger partial charge in [0.15, 0.2) is 5.60 Å². The summed E-state index contributed by atoms with van der Waals surface area (Å²) in [6.45, 7) is 14.9. The van der Waals surface area contributed by atoms with Gasteiger partial charge in [-0.2, -0.15) is 0 Å². The fourth-order valence-corrected chi connectivity index (χ4v) is 9.43. The molecule has 0 saturated carbocycles. The number of aromatic nitrogens is 2. The molecule has 11 nitrogen and oxygen atoms in total. The molecular formula is C41H52FN5O6. The first-order valence-electron chi connectivity index (χ1n) is 19.5. The van der Waals surface area contributed by atoms with Crippen LogP contribution in [0.15, 0.2) is 16.9 Å². The fraction of sp³-hybridized carbons (Fsp3) is 0.610. The lowest BCUT2D eigenvalue weighted by Crippen LogP contribution is -2.45. The van der Waals surface area contributed by atoms with Crippen LogP contribution in [0.3, 0.4) is 0 Å². The number of rotatable bonds is 6. The summed E-state index contributed by atoms with van der Waals surface area (Å²) in [5, 5.41) is 16.3. The van der Waals surface area contributed by atoms with Crippen LogP contribution in [0.2, 0.25) is 0 Å². The zero-order valence-corrected chi connectivity index (χ0v) is 31.6. The van der Waals surface area contributed by atoms with E-state index in [1.807, 2.05) is 32.6 Å². The molecule has 5 aliphatic rings. The molecule has 4 aliphatic heterocycles. The molecule has 53 heavy (non-hydrogen) atoms. The quantitative estimate of drug-likeness (QED) is 0.249. The van der Waals surface area contributed by atoms with Crippen LogP contribution < -0.4 is 10.9 Å². The summed E-state index contributed by atoms with van der Waals surface area (Å²) >= 11 is 0. The first-order chi connectivity index (χ1) is 25.3. The summed E-state index contributed by atoms with van der Waals surface area (Å²) < 4.78 is 27.9. The maximum absolute atomic E-state index is 15.3. The molecule has 284 valence electrons. The van der Waals surface area contributed by atoms with Gasteiger partial charge in [0.25, 0.3) is 5.56 Å². The fourth-order valence-electron chi connectivity index (χ4n) is 9.43. The molecule has 1 amide bonds. The van der Waals surface area contributed by atoms with E-state index < -0.39 is 17.2 Å². The van der Waals surface area contributed by atoms with Crippen LogP contribution in [-0.2, 0) is 39.4 Å². The number of aryl methyl sites for hydroxylation is 1. The number of piperidine rings is 2. The average molecular weight is 730 g/mol. The van der Waals surface area contributed by atoms with Gasteiger partial charge in [-0.05, 0) is 127 Å². The van der Waals surface area contributed by atoms with Crippen molar-refractivity contribution in [3.63, 3.8) is 0 Å². The predicted octanol–water partition coefficient (Wildman–Crippen LogP) is 5.46. The Hall–Kier alpha value is -3.87. The molecule has 3 aromatic rings. The molecule has 2 saturated heterocycles. The lowest BCUT2D eigenvalue weighted by Gasteiger charge is -2.38. The number of hydrogen-bond acceptors (Lipinski definition) is 9. The molecule has 2 aromatic heterocycles. The Bertz CT molecular complexity index is 2040. The normalized spacial score (nSPS) is 23.5. The van der Waals surface area contributed by atoms with Crippen LogP contribution in [0, 0.1) is 24.6 Å². The zero-order valence-electron chi connectivity index (χ0n) is 31.6. The van der Waals surface area contributed by atoms with Crippen LogP contribution in [-0.4, -0.2) is 81.4 Å². The topological polar surface area (TPSA) is 126 Å². The maximum atomic E-state index is 15.3. The third kappa shape index (κ3) is 6.34. The van der Waals surface area contributed by atoms with Gasteiger partial charge < -0.3 is 34.3 Å². The number of nitrogens with one attached hydrogen (secondary N) is 1. The van der Waals surface area contributed by atoms with E-state index in [-0.39, 0.29) is 42.1 Å². The number of esters is 1. The second-order valence-electron chi connectivity index (χ2n) is 17.0. The Morgan fingerprint density at radius 3 is 2.47 bits per heavy atom. The van der Waals surface area contributed by atoms with Crippen LogP contribution in [0.25, 0.3) is 22.3 Å². The number of pyridine rings is 2. The Morgan fingerprint density at radius 1 is 1.06 bits per heavy atom. The van der Waals surface area contributed by atoms with Gasteiger partial charge in [0.05, 0.1) is 29.0 Å². The van der Waals surface area contributed by atoms with Gasteiger partial charge in [-0.15, -0.1) is 0 Å². The molecule has 0 unspecified atom stereocenters. The van der Waals surface area contributed by atoms with Crippen molar-refractivity contribution in [1.29, 1.82) is 0 Å². The van der Waals surface area contributed by atoms with Crippen molar-refractivity contribution in [2.24, 2.45) is 11.8 Å². The Kier molecular flexibility index (Phi) is 9.17. The van der Waals surface area contributed by atoms with E-state index in [0.717, 1.165) is 99.9 Å². The number of carbonyl (C=O) groups excluding carboxylic acids is 2. The number of nitrogens with zero attached hydrogens (tertiary/aromatic N) is 4. The number of halogens is 1. The third-order valence-corrected chi connectivity index (χ3v) is 12.5. The molecule has 1 aliphatic carbocycles. The third-order valence-electron chi connectivity index (χ3n) is 12.5. The molecule has 12 heteroatoms. The summed E-state index contributed by atoms with van der Waals surface area (Å²) in [5.41, 5.74) is 3.26. The number of likely N-dealkylation sites (tertiary alicyclic amines) is 2. The number of hydrogen-bond donors (Lipinski definition) is 2. The van der Waals surface area contributed by atoms with Crippen molar-refractivity contribution in [2.45, 2.75) is 110 Å². The number of carbonyl (C=O) groups is 2. The van der Waals surface area contributed by atoms with E-state index >= 15 is 4.39 Å². The van der Waals surface area contributed by atoms with Gasteiger partial charge in [0, 0.05) is 48.3 Å². The van der Waals surface area contributed by atoms with E-state index in [9.17, 15) is 19.5 Å². The van der Waals surface area contributed by atoms with Crippen LogP contribution in [0.4, 0.5) is 9.18 Å². The summed E-state index contributed by atoms with van der Waals surface area (Å²) in [7, 11) is 0. The van der Waals surface area contributed by atoms with Crippen molar-refractivity contribution in [2.75, 3.05) is 39.3 Å². The molecule has 0 spiro atoms. The summed E-state index contributed by atoms with van der Waals surface area (Å²) in [6, 6.07) is 3.25. The standard InChI is InChI=1S/C41H52FN5O6/c1-6-41(51)29-17-33-36-27(21-47(33)37(48)28(29)22-52-38(41)49)35-31(8-7-26-23(2)30(42)18-32(44-36)34(26)35)43-19-24-9-13-45(14-10-24)20-25-11-15-46(16-12-25)39(50)53-40(3,4)5/h17-18,24-25,31,43,51H,6-16,19-22H2,1-5H3/t31-,41-/m0/s1. The second kappa shape index (κ2) is 13.5. The molecule has 1 aromatic carbocycles. The highest BCUT2D eigenvalue weighted by atomic mass is 19.1. The summed E-state index contributed by atoms with van der Waals surface area (Å²) in [4.78, 5) is 48.6. The molecule has 2 fully saturated rings. The van der Waals surface area contributed by atoms with Gasteiger partial charge in [0.2, 0.25) is 0 Å². The molecule has 6 heterocycles. The Morgan fingerprint density at radius 2 is 1.77 bits per heavy atom. The maximum Gasteiger partial charge on any atom is 0.410 e. The Balaban J connectivity index is 0.986. The number of amides is 1. The van der Waals surface area contributed by atoms with E-state index in [2.05, 4.69) is 10.2 Å². The molecule has 2 N–H and O–H groups in total. The first-order valence-corrected chi connectivity index (χ1v) is 19.5. The smallest absolute Gasteiger partial charge is 0.410 e.